The molecule has 2 aromatic heterocycles. The standard InChI is InChI=1S/C11H9BrO3S.C10H7BrO3S/c1-14-8-5-9-6(3-7(8)12)4-10(16-9)11(13)15-2;1-14-7-4-8-5(2-6(7)11)3-9(15-8)10(12)13/h3-5H,1-2H3;2-4H,1H3,(H,12,13). The Bertz CT molecular complexity index is 1280. The molecular formula is C21H16Br2O6S2. The van der Waals surface area contributed by atoms with Crippen molar-refractivity contribution in [2.45, 2.75) is 0 Å². The van der Waals surface area contributed by atoms with Crippen molar-refractivity contribution in [1.29, 1.82) is 0 Å². The van der Waals surface area contributed by atoms with Gasteiger partial charge >= 0.3 is 11.9 Å². The number of benzene rings is 2. The summed E-state index contributed by atoms with van der Waals surface area (Å²) in [6.45, 7) is 0. The highest BCUT2D eigenvalue weighted by Crippen LogP contribution is 2.36. The highest BCUT2D eigenvalue weighted by molar-refractivity contribution is 9.11. The molecule has 0 radical (unpaired) electrons. The first-order valence-electron chi connectivity index (χ1n) is 8.63. The number of hydrogen-bond acceptors (Lipinski definition) is 7. The maximum absolute atomic E-state index is 11.4. The SMILES string of the molecule is COC(=O)c1cc2cc(Br)c(OC)cc2s1.COc1cc2sc(C(=O)O)cc2cc1Br. The van der Waals surface area contributed by atoms with Gasteiger partial charge < -0.3 is 19.3 Å². The predicted molar refractivity (Wildman–Crippen MR) is 130 cm³/mol. The van der Waals surface area contributed by atoms with Crippen LogP contribution in [0.4, 0.5) is 0 Å². The van der Waals surface area contributed by atoms with Gasteiger partial charge in [-0.3, -0.25) is 0 Å². The van der Waals surface area contributed by atoms with Gasteiger partial charge in [0, 0.05) is 9.40 Å². The van der Waals surface area contributed by atoms with Crippen LogP contribution in [-0.2, 0) is 4.74 Å². The Morgan fingerprint density at radius 2 is 1.23 bits per heavy atom. The molecule has 0 aliphatic heterocycles. The number of carboxylic acids is 1. The van der Waals surface area contributed by atoms with Crippen LogP contribution in [0.5, 0.6) is 11.5 Å². The number of ether oxygens (including phenoxy) is 3. The van der Waals surface area contributed by atoms with Gasteiger partial charge in [-0.2, -0.15) is 0 Å². The molecule has 0 atom stereocenters. The zero-order valence-corrected chi connectivity index (χ0v) is 21.3. The van der Waals surface area contributed by atoms with E-state index >= 15 is 0 Å². The summed E-state index contributed by atoms with van der Waals surface area (Å²) in [4.78, 5) is 23.1. The van der Waals surface area contributed by atoms with Crippen molar-refractivity contribution in [2.24, 2.45) is 0 Å². The molecule has 0 saturated carbocycles. The number of halogens is 2. The van der Waals surface area contributed by atoms with Gasteiger partial charge in [0.1, 0.15) is 21.3 Å². The van der Waals surface area contributed by atoms with Crippen LogP contribution in [0.2, 0.25) is 0 Å². The summed E-state index contributed by atoms with van der Waals surface area (Å²) in [6, 6.07) is 11.0. The second-order valence-electron chi connectivity index (χ2n) is 6.07. The number of carboxylic acid groups (broad SMARTS) is 1. The van der Waals surface area contributed by atoms with Crippen molar-refractivity contribution in [1.82, 2.24) is 0 Å². The van der Waals surface area contributed by atoms with Gasteiger partial charge in [-0.1, -0.05) is 0 Å². The van der Waals surface area contributed by atoms with Crippen molar-refractivity contribution in [3.8, 4) is 11.5 Å². The molecule has 0 unspecified atom stereocenters. The molecule has 10 heteroatoms. The van der Waals surface area contributed by atoms with Gasteiger partial charge in [-0.15, -0.1) is 22.7 Å². The molecule has 0 aliphatic carbocycles. The molecule has 2 heterocycles. The Kier molecular flexibility index (Phi) is 7.58. The fraction of sp³-hybridized carbons (Fsp3) is 0.143. The molecule has 0 spiro atoms. The van der Waals surface area contributed by atoms with Gasteiger partial charge in [-0.05, 0) is 79.0 Å². The maximum atomic E-state index is 11.4. The van der Waals surface area contributed by atoms with Crippen molar-refractivity contribution in [3.63, 3.8) is 0 Å². The summed E-state index contributed by atoms with van der Waals surface area (Å²) in [5, 5.41) is 10.8. The van der Waals surface area contributed by atoms with Gasteiger partial charge in [0.2, 0.25) is 0 Å². The van der Waals surface area contributed by atoms with E-state index in [-0.39, 0.29) is 5.97 Å². The van der Waals surface area contributed by atoms with Gasteiger partial charge in [0.25, 0.3) is 0 Å². The third kappa shape index (κ3) is 5.20. The average Bonchev–Trinajstić information content (AvgIpc) is 3.35. The molecule has 31 heavy (non-hydrogen) atoms. The second-order valence-corrected chi connectivity index (χ2v) is 9.94. The molecule has 0 fully saturated rings. The van der Waals surface area contributed by atoms with E-state index < -0.39 is 5.97 Å². The van der Waals surface area contributed by atoms with Crippen molar-refractivity contribution in [3.05, 3.63) is 55.1 Å². The molecule has 0 bridgehead atoms. The number of carbonyl (C=O) groups excluding carboxylic acids is 1. The minimum atomic E-state index is -0.897. The van der Waals surface area contributed by atoms with Gasteiger partial charge in [-0.25, -0.2) is 9.59 Å². The van der Waals surface area contributed by atoms with Crippen molar-refractivity contribution >= 4 is 86.6 Å². The van der Waals surface area contributed by atoms with Crippen LogP contribution in [-0.4, -0.2) is 38.4 Å². The molecule has 4 rings (SSSR count). The fourth-order valence-electron chi connectivity index (χ4n) is 2.70. The smallest absolute Gasteiger partial charge is 0.348 e. The predicted octanol–water partition coefficient (Wildman–Crippen LogP) is 6.83. The Morgan fingerprint density at radius 3 is 1.65 bits per heavy atom. The van der Waals surface area contributed by atoms with Crippen LogP contribution in [0, 0.1) is 0 Å². The molecule has 0 saturated heterocycles. The molecule has 2 aromatic carbocycles. The van der Waals surface area contributed by atoms with Gasteiger partial charge in [0.15, 0.2) is 0 Å². The van der Waals surface area contributed by atoms with E-state index in [1.165, 1.54) is 29.8 Å². The summed E-state index contributed by atoms with van der Waals surface area (Å²) >= 11 is 9.40. The zero-order chi connectivity index (χ0) is 22.7. The number of carbonyl (C=O) groups is 2. The maximum Gasteiger partial charge on any atom is 0.348 e. The minimum absolute atomic E-state index is 0.309. The largest absolute Gasteiger partial charge is 0.496 e. The van der Waals surface area contributed by atoms with Crippen LogP contribution in [0.25, 0.3) is 20.2 Å². The van der Waals surface area contributed by atoms with E-state index in [1.54, 1.807) is 20.3 Å². The molecule has 4 aromatic rings. The van der Waals surface area contributed by atoms with E-state index in [4.69, 9.17) is 14.6 Å². The number of fused-ring (bicyclic) bond motifs is 2. The Hall–Kier alpha value is -2.14. The fourth-order valence-corrected chi connectivity index (χ4v) is 5.65. The van der Waals surface area contributed by atoms with Crippen molar-refractivity contribution < 1.29 is 28.9 Å². The van der Waals surface area contributed by atoms with Crippen LogP contribution in [0.1, 0.15) is 19.3 Å². The Labute approximate surface area is 202 Å². The van der Waals surface area contributed by atoms with E-state index in [2.05, 4.69) is 36.6 Å². The lowest BCUT2D eigenvalue weighted by molar-refractivity contribution is 0.0605. The van der Waals surface area contributed by atoms with E-state index in [0.29, 0.717) is 15.5 Å². The summed E-state index contributed by atoms with van der Waals surface area (Å²) in [5.74, 6) is 0.259. The number of rotatable bonds is 4. The number of hydrogen-bond donors (Lipinski definition) is 1. The first-order chi connectivity index (χ1) is 14.8. The molecule has 0 aliphatic rings. The lowest BCUT2D eigenvalue weighted by Crippen LogP contribution is -1.96. The summed E-state index contributed by atoms with van der Waals surface area (Å²) in [6.07, 6.45) is 0. The van der Waals surface area contributed by atoms with E-state index in [0.717, 1.165) is 34.9 Å². The third-order valence-corrected chi connectivity index (χ3v) is 7.58. The first-order valence-corrected chi connectivity index (χ1v) is 11.8. The quantitative estimate of drug-likeness (QED) is 0.264. The molecule has 1 N–H and O–H groups in total. The van der Waals surface area contributed by atoms with Crippen LogP contribution in [0.15, 0.2) is 45.3 Å². The monoisotopic (exact) mass is 586 g/mol. The zero-order valence-electron chi connectivity index (χ0n) is 16.5. The number of thiophene rings is 2. The van der Waals surface area contributed by atoms with Crippen molar-refractivity contribution in [2.75, 3.05) is 21.3 Å². The van der Waals surface area contributed by atoms with Crippen LogP contribution < -0.4 is 9.47 Å². The minimum Gasteiger partial charge on any atom is -0.496 e. The topological polar surface area (TPSA) is 82.1 Å². The normalized spacial score (nSPS) is 10.5. The first kappa shape index (κ1) is 23.5. The second kappa shape index (κ2) is 9.99. The molecule has 162 valence electrons. The molecular weight excluding hydrogens is 572 g/mol. The highest BCUT2D eigenvalue weighted by atomic mass is 79.9. The highest BCUT2D eigenvalue weighted by Gasteiger charge is 2.13. The van der Waals surface area contributed by atoms with Crippen LogP contribution in [0.3, 0.4) is 0 Å². The third-order valence-electron chi connectivity index (χ3n) is 4.18. The summed E-state index contributed by atoms with van der Waals surface area (Å²) in [5.41, 5.74) is 0. The Morgan fingerprint density at radius 1 is 0.774 bits per heavy atom. The van der Waals surface area contributed by atoms with Crippen LogP contribution >= 0.6 is 54.5 Å². The lowest BCUT2D eigenvalue weighted by Gasteiger charge is -2.01. The summed E-state index contributed by atoms with van der Waals surface area (Å²) in [7, 11) is 4.57. The van der Waals surface area contributed by atoms with Gasteiger partial charge in [0.05, 0.1) is 30.3 Å². The number of aromatic carboxylic acids is 1. The number of esters is 1. The number of methoxy groups -OCH3 is 3. The molecule has 6 nitrogen and oxygen atoms in total. The molecule has 0 amide bonds. The Balaban J connectivity index is 0.000000176. The average molecular weight is 588 g/mol. The summed E-state index contributed by atoms with van der Waals surface area (Å²) < 4.78 is 18.6. The lowest BCUT2D eigenvalue weighted by atomic mass is 10.2. The van der Waals surface area contributed by atoms with E-state index in [1.807, 2.05) is 30.3 Å². The van der Waals surface area contributed by atoms with E-state index in [9.17, 15) is 9.59 Å².